The highest BCUT2D eigenvalue weighted by Gasteiger charge is 2.32. The SMILES string of the molecule is CC.CC.CCC.CCC1CCCC1.CC[C@H](CN1CCCC1=O)OS(C)(C)C(C)(C)C.CSc1ccc(C)cc1.Cc1ccccc1. The van der Waals surface area contributed by atoms with Gasteiger partial charge in [-0.3, -0.25) is 4.79 Å². The second kappa shape index (κ2) is 31.5. The van der Waals surface area contributed by atoms with Crippen molar-refractivity contribution in [2.45, 2.75) is 164 Å². The molecule has 0 bridgehead atoms. The number of hydrogen-bond donors (Lipinski definition) is 0. The normalized spacial score (nSPS) is 14.8. The van der Waals surface area contributed by atoms with Gasteiger partial charge in [0.05, 0.1) is 6.10 Å². The number of hydrogen-bond acceptors (Lipinski definition) is 3. The molecule has 1 amide bonds. The molecule has 0 unspecified atom stereocenters. The van der Waals surface area contributed by atoms with Crippen molar-refractivity contribution >= 4 is 28.0 Å². The quantitative estimate of drug-likeness (QED) is 0.268. The Morgan fingerprint density at radius 2 is 1.31 bits per heavy atom. The van der Waals surface area contributed by atoms with Crippen LogP contribution >= 0.6 is 22.1 Å². The number of aryl methyl sites for hydroxylation is 2. The van der Waals surface area contributed by atoms with Crippen molar-refractivity contribution in [3.63, 3.8) is 0 Å². The molecule has 1 saturated carbocycles. The smallest absolute Gasteiger partial charge is 0.222 e. The summed E-state index contributed by atoms with van der Waals surface area (Å²) in [6, 6.07) is 18.8. The van der Waals surface area contributed by atoms with Crippen molar-refractivity contribution in [3.8, 4) is 0 Å². The van der Waals surface area contributed by atoms with Crippen LogP contribution in [-0.2, 0) is 8.98 Å². The van der Waals surface area contributed by atoms with Crippen LogP contribution in [0.1, 0.15) is 145 Å². The second-order valence-corrected chi connectivity index (χ2v) is 18.1. The van der Waals surface area contributed by atoms with E-state index in [2.05, 4.69) is 117 Å². The number of benzene rings is 2. The topological polar surface area (TPSA) is 29.5 Å². The summed E-state index contributed by atoms with van der Waals surface area (Å²) in [6.45, 7) is 29.2. The van der Waals surface area contributed by atoms with Gasteiger partial charge in [-0.1, -0.05) is 168 Å². The highest BCUT2D eigenvalue weighted by molar-refractivity contribution is 8.29. The van der Waals surface area contributed by atoms with Gasteiger partial charge in [0, 0.05) is 29.2 Å². The van der Waals surface area contributed by atoms with E-state index in [-0.39, 0.29) is 10.9 Å². The fourth-order valence-electron chi connectivity index (χ4n) is 4.48. The molecule has 1 aliphatic heterocycles. The van der Waals surface area contributed by atoms with E-state index < -0.39 is 10.3 Å². The molecule has 2 aliphatic rings. The maximum Gasteiger partial charge on any atom is 0.222 e. The zero-order valence-electron chi connectivity index (χ0n) is 34.7. The highest BCUT2D eigenvalue weighted by atomic mass is 32.3. The Bertz CT molecular complexity index is 965. The minimum atomic E-state index is -1.11. The van der Waals surface area contributed by atoms with Gasteiger partial charge in [-0.05, 0) is 63.5 Å². The number of nitrogens with zero attached hydrogens (tertiary/aromatic N) is 1. The molecule has 282 valence electrons. The molecule has 2 aromatic carbocycles. The first-order valence-electron chi connectivity index (χ1n) is 19.1. The summed E-state index contributed by atoms with van der Waals surface area (Å²) in [5, 5.41) is 0. The van der Waals surface area contributed by atoms with E-state index in [1.165, 1.54) is 54.5 Å². The molecule has 48 heavy (non-hydrogen) atoms. The number of amides is 1. The molecule has 0 aromatic heterocycles. The van der Waals surface area contributed by atoms with Crippen molar-refractivity contribution < 1.29 is 8.98 Å². The number of thioether (sulfide) groups is 1. The van der Waals surface area contributed by atoms with Crippen LogP contribution in [0.25, 0.3) is 0 Å². The predicted octanol–water partition coefficient (Wildman–Crippen LogP) is 13.9. The zero-order chi connectivity index (χ0) is 37.6. The molecule has 1 aliphatic carbocycles. The van der Waals surface area contributed by atoms with Gasteiger partial charge in [0.15, 0.2) is 0 Å². The number of rotatable bonds is 7. The van der Waals surface area contributed by atoms with Crippen LogP contribution in [0.5, 0.6) is 0 Å². The molecule has 1 atom stereocenters. The lowest BCUT2D eigenvalue weighted by molar-refractivity contribution is -0.128. The van der Waals surface area contributed by atoms with Crippen LogP contribution in [-0.4, -0.2) is 53.5 Å². The van der Waals surface area contributed by atoms with E-state index in [9.17, 15) is 4.79 Å². The second-order valence-electron chi connectivity index (χ2n) is 13.4. The van der Waals surface area contributed by atoms with Crippen molar-refractivity contribution in [1.29, 1.82) is 0 Å². The van der Waals surface area contributed by atoms with Crippen LogP contribution in [0, 0.1) is 19.8 Å². The van der Waals surface area contributed by atoms with E-state index in [1.54, 1.807) is 11.8 Å². The summed E-state index contributed by atoms with van der Waals surface area (Å²) in [5.74, 6) is 1.39. The average Bonchev–Trinajstić information content (AvgIpc) is 3.76. The van der Waals surface area contributed by atoms with E-state index >= 15 is 0 Å². The zero-order valence-corrected chi connectivity index (χ0v) is 36.3. The summed E-state index contributed by atoms with van der Waals surface area (Å²) < 4.78 is 6.53. The molecule has 2 fully saturated rings. The van der Waals surface area contributed by atoms with Gasteiger partial charge >= 0.3 is 0 Å². The van der Waals surface area contributed by atoms with Gasteiger partial charge in [-0.2, -0.15) is 0 Å². The number of likely N-dealkylation sites (tertiary alicyclic amines) is 1. The molecule has 5 heteroatoms. The van der Waals surface area contributed by atoms with Gasteiger partial charge in [0.1, 0.15) is 0 Å². The maximum absolute atomic E-state index is 11.7. The Balaban J connectivity index is -0.000000567. The van der Waals surface area contributed by atoms with Gasteiger partial charge < -0.3 is 9.08 Å². The summed E-state index contributed by atoms with van der Waals surface area (Å²) in [7, 11) is -1.11. The third kappa shape index (κ3) is 25.5. The largest absolute Gasteiger partial charge is 0.340 e. The predicted molar refractivity (Wildman–Crippen MR) is 225 cm³/mol. The van der Waals surface area contributed by atoms with Crippen molar-refractivity contribution in [3.05, 3.63) is 65.7 Å². The lowest BCUT2D eigenvalue weighted by Crippen LogP contribution is -2.37. The molecular formula is C43H81NO2S2. The van der Waals surface area contributed by atoms with E-state index in [1.807, 2.05) is 50.8 Å². The Morgan fingerprint density at radius 3 is 1.62 bits per heavy atom. The summed E-state index contributed by atoms with van der Waals surface area (Å²) >= 11 is 1.78. The molecule has 0 N–H and O–H groups in total. The summed E-state index contributed by atoms with van der Waals surface area (Å²) in [6.07, 6.45) is 18.1. The van der Waals surface area contributed by atoms with Gasteiger partial charge in [-0.25, -0.2) is 0 Å². The van der Waals surface area contributed by atoms with Crippen LogP contribution in [0.4, 0.5) is 0 Å². The minimum absolute atomic E-state index is 0.176. The third-order valence-corrected chi connectivity index (χ3v) is 12.6. The van der Waals surface area contributed by atoms with Gasteiger partial charge in [-0.15, -0.1) is 22.1 Å². The number of carbonyl (C=O) groups excluding carboxylic acids is 1. The Labute approximate surface area is 307 Å². The van der Waals surface area contributed by atoms with E-state index in [0.717, 1.165) is 31.8 Å². The van der Waals surface area contributed by atoms with E-state index in [4.69, 9.17) is 4.18 Å². The molecule has 0 radical (unpaired) electrons. The van der Waals surface area contributed by atoms with Crippen LogP contribution in [0.15, 0.2) is 59.5 Å². The third-order valence-electron chi connectivity index (χ3n) is 8.15. The lowest BCUT2D eigenvalue weighted by Gasteiger charge is -2.46. The first-order chi connectivity index (χ1) is 22.7. The molecule has 1 saturated heterocycles. The summed E-state index contributed by atoms with van der Waals surface area (Å²) in [5.41, 5.74) is 2.65. The molecule has 0 spiro atoms. The Hall–Kier alpha value is -1.43. The van der Waals surface area contributed by atoms with Crippen LogP contribution < -0.4 is 0 Å². The molecule has 2 aromatic rings. The van der Waals surface area contributed by atoms with Gasteiger partial charge in [0.25, 0.3) is 0 Å². The van der Waals surface area contributed by atoms with Crippen LogP contribution in [0.3, 0.4) is 0 Å². The highest BCUT2D eigenvalue weighted by Crippen LogP contribution is 2.54. The fraction of sp³-hybridized carbons (Fsp3) is 0.698. The van der Waals surface area contributed by atoms with Crippen molar-refractivity contribution in [2.75, 3.05) is 31.9 Å². The first-order valence-corrected chi connectivity index (χ1v) is 22.7. The number of carbonyl (C=O) groups is 1. The standard InChI is InChI=1S/C14H29NO2S.C8H10S.C7H8.C7H14.C3H8.2C2H6/c1-7-12(11-15-10-8-9-13(15)16)17-18(5,6)14(2,3)4;1-7-3-5-8(9-2)6-4-7;1-7-5-3-2-4-6-7;1-2-7-5-3-4-6-7;1-3-2;2*1-2/h12H,7-11H2,1-6H3;3-6H,1-2H3;2-6H,1H3;7H,2-6H2,1H3;3H2,1-2H3;2*1-2H3/t12-;;;;;;/m1....../s1. The maximum atomic E-state index is 11.7. The first kappa shape index (κ1) is 50.9. The van der Waals surface area contributed by atoms with Gasteiger partial charge in [0.2, 0.25) is 5.91 Å². The Morgan fingerprint density at radius 1 is 0.833 bits per heavy atom. The minimum Gasteiger partial charge on any atom is -0.340 e. The molecular weight excluding hydrogens is 627 g/mol. The fourth-order valence-corrected chi connectivity index (χ4v) is 6.06. The average molecular weight is 708 g/mol. The summed E-state index contributed by atoms with van der Waals surface area (Å²) in [4.78, 5) is 15.0. The van der Waals surface area contributed by atoms with Crippen LogP contribution in [0.2, 0.25) is 0 Å². The van der Waals surface area contributed by atoms with E-state index in [0.29, 0.717) is 12.3 Å². The monoisotopic (exact) mass is 708 g/mol. The van der Waals surface area contributed by atoms with Crippen molar-refractivity contribution in [1.82, 2.24) is 4.90 Å². The molecule has 4 rings (SSSR count). The Kier molecular flexibility index (Phi) is 33.5. The van der Waals surface area contributed by atoms with Crippen molar-refractivity contribution in [2.24, 2.45) is 5.92 Å². The molecule has 3 nitrogen and oxygen atoms in total. The molecule has 1 heterocycles. The lowest BCUT2D eigenvalue weighted by atomic mass is 10.1.